The van der Waals surface area contributed by atoms with Crippen LogP contribution in [0, 0.1) is 0 Å². The van der Waals surface area contributed by atoms with Crippen LogP contribution in [-0.4, -0.2) is 36.3 Å². The Morgan fingerprint density at radius 3 is 2.55 bits per heavy atom. The zero-order valence-corrected chi connectivity index (χ0v) is 13.3. The van der Waals surface area contributed by atoms with Crippen molar-refractivity contribution >= 4 is 11.8 Å². The number of piperidine rings is 1. The maximum atomic E-state index is 3.69. The van der Waals surface area contributed by atoms with Gasteiger partial charge in [-0.25, -0.2) is 0 Å². The van der Waals surface area contributed by atoms with Crippen LogP contribution in [0.15, 0.2) is 29.2 Å². The summed E-state index contributed by atoms with van der Waals surface area (Å²) in [6, 6.07) is 10.7. The van der Waals surface area contributed by atoms with Crippen molar-refractivity contribution in [3.8, 4) is 0 Å². The Balaban J connectivity index is 1.58. The number of nitrogens with one attached hydrogen (secondary N) is 1. The third-order valence-corrected chi connectivity index (χ3v) is 5.22. The predicted octanol–water partition coefficient (Wildman–Crippen LogP) is 3.52. The molecule has 20 heavy (non-hydrogen) atoms. The molecule has 110 valence electrons. The quantitative estimate of drug-likeness (QED) is 0.807. The summed E-state index contributed by atoms with van der Waals surface area (Å²) in [5.74, 6) is 0. The van der Waals surface area contributed by atoms with E-state index in [1.807, 2.05) is 11.8 Å². The number of benzene rings is 1. The van der Waals surface area contributed by atoms with Gasteiger partial charge in [0.1, 0.15) is 0 Å². The van der Waals surface area contributed by atoms with E-state index < -0.39 is 0 Å². The second kappa shape index (κ2) is 6.97. The van der Waals surface area contributed by atoms with E-state index in [2.05, 4.69) is 40.7 Å². The van der Waals surface area contributed by atoms with Crippen LogP contribution in [-0.2, 0) is 6.54 Å². The maximum Gasteiger partial charge on any atom is 0.0237 e. The van der Waals surface area contributed by atoms with E-state index in [1.165, 1.54) is 55.7 Å². The smallest absolute Gasteiger partial charge is 0.0237 e. The van der Waals surface area contributed by atoms with Crippen molar-refractivity contribution in [2.75, 3.05) is 19.3 Å². The van der Waals surface area contributed by atoms with Crippen LogP contribution < -0.4 is 5.32 Å². The molecule has 1 N–H and O–H groups in total. The van der Waals surface area contributed by atoms with Crippen LogP contribution in [0.25, 0.3) is 0 Å². The Morgan fingerprint density at radius 1 is 1.15 bits per heavy atom. The molecule has 1 aliphatic heterocycles. The van der Waals surface area contributed by atoms with Crippen molar-refractivity contribution in [2.45, 2.75) is 55.6 Å². The van der Waals surface area contributed by atoms with Crippen LogP contribution in [0.4, 0.5) is 0 Å². The van der Waals surface area contributed by atoms with Crippen LogP contribution in [0.1, 0.15) is 37.7 Å². The molecule has 0 amide bonds. The normalized spacial score (nSPS) is 23.2. The van der Waals surface area contributed by atoms with Crippen molar-refractivity contribution in [1.82, 2.24) is 10.2 Å². The summed E-state index contributed by atoms with van der Waals surface area (Å²) in [6.07, 6.45) is 9.05. The lowest BCUT2D eigenvalue weighted by Crippen LogP contribution is -2.44. The molecule has 1 heterocycles. The van der Waals surface area contributed by atoms with E-state index in [1.54, 1.807) is 0 Å². The summed E-state index contributed by atoms with van der Waals surface area (Å²) in [5, 5.41) is 3.69. The Bertz CT molecular complexity index is 408. The number of thioether (sulfide) groups is 1. The molecule has 0 spiro atoms. The fraction of sp³-hybridized carbons (Fsp3) is 0.647. The molecule has 2 nitrogen and oxygen atoms in total. The molecule has 1 aromatic carbocycles. The van der Waals surface area contributed by atoms with Gasteiger partial charge in [-0.2, -0.15) is 0 Å². The first-order valence-electron chi connectivity index (χ1n) is 7.95. The van der Waals surface area contributed by atoms with Crippen molar-refractivity contribution in [3.63, 3.8) is 0 Å². The highest BCUT2D eigenvalue weighted by Crippen LogP contribution is 2.29. The van der Waals surface area contributed by atoms with Gasteiger partial charge in [0.05, 0.1) is 0 Å². The Morgan fingerprint density at radius 2 is 1.95 bits per heavy atom. The number of rotatable bonds is 6. The van der Waals surface area contributed by atoms with Gasteiger partial charge in [0, 0.05) is 30.1 Å². The summed E-state index contributed by atoms with van der Waals surface area (Å²) in [5.41, 5.74) is 1.46. The van der Waals surface area contributed by atoms with Gasteiger partial charge in [0.15, 0.2) is 0 Å². The molecule has 3 heteroatoms. The Kier molecular flexibility index (Phi) is 5.03. The first kappa shape index (κ1) is 14.4. The number of hydrogen-bond donors (Lipinski definition) is 1. The van der Waals surface area contributed by atoms with Crippen LogP contribution >= 0.6 is 11.8 Å². The first-order chi connectivity index (χ1) is 9.85. The van der Waals surface area contributed by atoms with Crippen molar-refractivity contribution in [2.24, 2.45) is 0 Å². The lowest BCUT2D eigenvalue weighted by molar-refractivity contribution is 0.208. The zero-order chi connectivity index (χ0) is 13.8. The van der Waals surface area contributed by atoms with Crippen molar-refractivity contribution < 1.29 is 0 Å². The average Bonchev–Trinajstić information content (AvgIpc) is 3.33. The minimum Gasteiger partial charge on any atom is -0.313 e. The third-order valence-electron chi connectivity index (χ3n) is 4.48. The predicted molar refractivity (Wildman–Crippen MR) is 87.3 cm³/mol. The largest absolute Gasteiger partial charge is 0.313 e. The molecule has 1 saturated carbocycles. The van der Waals surface area contributed by atoms with Gasteiger partial charge in [-0.15, -0.1) is 11.8 Å². The van der Waals surface area contributed by atoms with Crippen molar-refractivity contribution in [3.05, 3.63) is 29.8 Å². The van der Waals surface area contributed by atoms with Gasteiger partial charge in [-0.1, -0.05) is 18.6 Å². The van der Waals surface area contributed by atoms with E-state index in [9.17, 15) is 0 Å². The fourth-order valence-corrected chi connectivity index (χ4v) is 3.52. The molecular formula is C17H26N2S. The van der Waals surface area contributed by atoms with Crippen molar-refractivity contribution in [1.29, 1.82) is 0 Å². The number of hydrogen-bond acceptors (Lipinski definition) is 3. The van der Waals surface area contributed by atoms with Crippen LogP contribution in [0.2, 0.25) is 0 Å². The van der Waals surface area contributed by atoms with E-state index in [0.717, 1.165) is 18.6 Å². The molecule has 1 atom stereocenters. The zero-order valence-electron chi connectivity index (χ0n) is 12.5. The monoisotopic (exact) mass is 290 g/mol. The molecule has 1 unspecified atom stereocenters. The molecule has 0 bridgehead atoms. The lowest BCUT2D eigenvalue weighted by atomic mass is 10.0. The van der Waals surface area contributed by atoms with Gasteiger partial charge in [-0.05, 0) is 56.2 Å². The van der Waals surface area contributed by atoms with E-state index in [-0.39, 0.29) is 0 Å². The molecule has 3 rings (SSSR count). The first-order valence-corrected chi connectivity index (χ1v) is 9.18. The average molecular weight is 290 g/mol. The lowest BCUT2D eigenvalue weighted by Gasteiger charge is -2.30. The van der Waals surface area contributed by atoms with Gasteiger partial charge >= 0.3 is 0 Å². The molecular weight excluding hydrogens is 264 g/mol. The Hall–Kier alpha value is -0.510. The molecule has 0 radical (unpaired) electrons. The molecule has 1 aliphatic carbocycles. The molecule has 0 aromatic heterocycles. The standard InChI is InChI=1S/C17H26N2S/c1-20-17-9-5-14(6-10-17)12-19(16-7-8-16)13-15-4-2-3-11-18-15/h5-6,9-10,15-16,18H,2-4,7-8,11-13H2,1H3. The van der Waals surface area contributed by atoms with E-state index >= 15 is 0 Å². The molecule has 2 aliphatic rings. The highest BCUT2D eigenvalue weighted by atomic mass is 32.2. The van der Waals surface area contributed by atoms with Gasteiger partial charge in [-0.3, -0.25) is 4.90 Å². The van der Waals surface area contributed by atoms with E-state index in [4.69, 9.17) is 0 Å². The van der Waals surface area contributed by atoms with Crippen LogP contribution in [0.5, 0.6) is 0 Å². The maximum absolute atomic E-state index is 3.69. The molecule has 1 aromatic rings. The van der Waals surface area contributed by atoms with E-state index in [0.29, 0.717) is 0 Å². The summed E-state index contributed by atoms with van der Waals surface area (Å²) >= 11 is 1.82. The molecule has 2 fully saturated rings. The molecule has 1 saturated heterocycles. The fourth-order valence-electron chi connectivity index (χ4n) is 3.11. The van der Waals surface area contributed by atoms with Gasteiger partial charge in [0.25, 0.3) is 0 Å². The Labute approximate surface area is 127 Å². The SMILES string of the molecule is CSc1ccc(CN(CC2CCCCN2)C2CC2)cc1. The van der Waals surface area contributed by atoms with Gasteiger partial charge in [0.2, 0.25) is 0 Å². The minimum absolute atomic E-state index is 0.717. The topological polar surface area (TPSA) is 15.3 Å². The number of nitrogens with zero attached hydrogens (tertiary/aromatic N) is 1. The highest BCUT2D eigenvalue weighted by Gasteiger charge is 2.30. The third kappa shape index (κ3) is 4.00. The summed E-state index contributed by atoms with van der Waals surface area (Å²) in [4.78, 5) is 4.07. The second-order valence-corrected chi connectivity index (χ2v) is 7.04. The summed E-state index contributed by atoms with van der Waals surface area (Å²) < 4.78 is 0. The van der Waals surface area contributed by atoms with Crippen LogP contribution in [0.3, 0.4) is 0 Å². The highest BCUT2D eigenvalue weighted by molar-refractivity contribution is 7.98. The second-order valence-electron chi connectivity index (χ2n) is 6.16. The minimum atomic E-state index is 0.717. The summed E-state index contributed by atoms with van der Waals surface area (Å²) in [7, 11) is 0. The summed E-state index contributed by atoms with van der Waals surface area (Å²) in [6.45, 7) is 3.57. The van der Waals surface area contributed by atoms with Gasteiger partial charge < -0.3 is 5.32 Å².